The van der Waals surface area contributed by atoms with E-state index in [4.69, 9.17) is 14.2 Å². The molecule has 1 N–H and O–H groups in total. The van der Waals surface area contributed by atoms with E-state index in [1.54, 1.807) is 32.9 Å². The van der Waals surface area contributed by atoms with Crippen LogP contribution >= 0.6 is 0 Å². The first-order valence-electron chi connectivity index (χ1n) is 8.89. The van der Waals surface area contributed by atoms with Crippen molar-refractivity contribution >= 4 is 16.0 Å². The molecule has 0 fully saturated rings. The summed E-state index contributed by atoms with van der Waals surface area (Å²) in [6, 6.07) is 5.35. The van der Waals surface area contributed by atoms with Gasteiger partial charge in [-0.1, -0.05) is 6.07 Å². The van der Waals surface area contributed by atoms with Crippen LogP contribution in [-0.2, 0) is 27.8 Å². The topological polar surface area (TPSA) is 97.9 Å². The zero-order valence-electron chi connectivity index (χ0n) is 16.4. The SMILES string of the molecule is CCOC(=O)c1c(C)[nH]c(CN(Cc2ccc3c(c2)OCO3)S(C)(=O)=O)c1C. The number of fused-ring (bicyclic) bond motifs is 1. The molecule has 1 aliphatic heterocycles. The number of ether oxygens (including phenoxy) is 3. The number of sulfonamides is 1. The van der Waals surface area contributed by atoms with Crippen molar-refractivity contribution in [1.29, 1.82) is 0 Å². The Hall–Kier alpha value is -2.52. The van der Waals surface area contributed by atoms with E-state index in [2.05, 4.69) is 4.98 Å². The van der Waals surface area contributed by atoms with Gasteiger partial charge in [-0.15, -0.1) is 0 Å². The molecule has 8 nitrogen and oxygen atoms in total. The van der Waals surface area contributed by atoms with Gasteiger partial charge in [0.2, 0.25) is 16.8 Å². The van der Waals surface area contributed by atoms with E-state index in [1.165, 1.54) is 4.31 Å². The van der Waals surface area contributed by atoms with Crippen LogP contribution < -0.4 is 9.47 Å². The summed E-state index contributed by atoms with van der Waals surface area (Å²) in [5.41, 5.74) is 3.24. The fourth-order valence-corrected chi connectivity index (χ4v) is 3.94. The zero-order valence-corrected chi connectivity index (χ0v) is 17.2. The van der Waals surface area contributed by atoms with Crippen LogP contribution in [0.15, 0.2) is 18.2 Å². The number of hydrogen-bond donors (Lipinski definition) is 1. The zero-order chi connectivity index (χ0) is 20.5. The molecule has 1 aromatic carbocycles. The van der Waals surface area contributed by atoms with E-state index in [1.807, 2.05) is 6.07 Å². The first-order chi connectivity index (χ1) is 13.2. The van der Waals surface area contributed by atoms with Crippen LogP contribution in [-0.4, -0.2) is 43.3 Å². The Morgan fingerprint density at radius 1 is 1.21 bits per heavy atom. The summed E-state index contributed by atoms with van der Waals surface area (Å²) < 4.78 is 41.9. The molecule has 2 aromatic rings. The average Bonchev–Trinajstić information content (AvgIpc) is 3.17. The van der Waals surface area contributed by atoms with Crippen LogP contribution in [0, 0.1) is 13.8 Å². The molecule has 0 atom stereocenters. The number of aromatic amines is 1. The summed E-state index contributed by atoms with van der Waals surface area (Å²) in [6.45, 7) is 6.01. The second-order valence-electron chi connectivity index (χ2n) is 6.67. The lowest BCUT2D eigenvalue weighted by Gasteiger charge is -2.20. The Morgan fingerprint density at radius 2 is 1.93 bits per heavy atom. The lowest BCUT2D eigenvalue weighted by atomic mass is 10.1. The standard InChI is InChI=1S/C19H24N2O6S/c1-5-25-19(22)18-12(2)15(20-13(18)3)10-21(28(4,23)24)9-14-6-7-16-17(8-14)27-11-26-16/h6-8,20H,5,9-11H2,1-4H3. The van der Waals surface area contributed by atoms with Gasteiger partial charge >= 0.3 is 5.97 Å². The highest BCUT2D eigenvalue weighted by Crippen LogP contribution is 2.33. The van der Waals surface area contributed by atoms with Gasteiger partial charge in [-0.25, -0.2) is 13.2 Å². The minimum atomic E-state index is -3.50. The van der Waals surface area contributed by atoms with Crippen molar-refractivity contribution in [3.8, 4) is 11.5 Å². The molecule has 1 aliphatic rings. The van der Waals surface area contributed by atoms with Crippen LogP contribution in [0.4, 0.5) is 0 Å². The molecule has 0 unspecified atom stereocenters. The van der Waals surface area contributed by atoms with Gasteiger partial charge in [0.15, 0.2) is 11.5 Å². The summed E-state index contributed by atoms with van der Waals surface area (Å²) in [7, 11) is -3.50. The van der Waals surface area contributed by atoms with Crippen LogP contribution in [0.3, 0.4) is 0 Å². The number of nitrogens with one attached hydrogen (secondary N) is 1. The number of H-pyrrole nitrogens is 1. The van der Waals surface area contributed by atoms with Crippen molar-refractivity contribution in [3.63, 3.8) is 0 Å². The minimum absolute atomic E-state index is 0.110. The number of aromatic nitrogens is 1. The summed E-state index contributed by atoms with van der Waals surface area (Å²) >= 11 is 0. The lowest BCUT2D eigenvalue weighted by molar-refractivity contribution is 0.0525. The van der Waals surface area contributed by atoms with Gasteiger partial charge in [-0.05, 0) is 44.0 Å². The lowest BCUT2D eigenvalue weighted by Crippen LogP contribution is -2.29. The maximum absolute atomic E-state index is 12.4. The molecule has 0 bridgehead atoms. The molecule has 9 heteroatoms. The molecule has 0 saturated carbocycles. The fraction of sp³-hybridized carbons (Fsp3) is 0.421. The first kappa shape index (κ1) is 20.2. The van der Waals surface area contributed by atoms with E-state index in [0.717, 1.165) is 11.8 Å². The molecule has 2 heterocycles. The van der Waals surface area contributed by atoms with E-state index < -0.39 is 16.0 Å². The van der Waals surface area contributed by atoms with Gasteiger partial charge in [-0.3, -0.25) is 0 Å². The number of benzene rings is 1. The number of aryl methyl sites for hydroxylation is 1. The third kappa shape index (κ3) is 4.15. The predicted molar refractivity (Wildman–Crippen MR) is 103 cm³/mol. The number of hydrogen-bond acceptors (Lipinski definition) is 6. The summed E-state index contributed by atoms with van der Waals surface area (Å²) in [5, 5.41) is 0. The summed E-state index contributed by atoms with van der Waals surface area (Å²) in [5.74, 6) is 0.827. The van der Waals surface area contributed by atoms with E-state index in [-0.39, 0.29) is 26.5 Å². The number of rotatable bonds is 7. The Morgan fingerprint density at radius 3 is 2.61 bits per heavy atom. The Labute approximate surface area is 164 Å². The molecule has 152 valence electrons. The maximum atomic E-state index is 12.4. The summed E-state index contributed by atoms with van der Waals surface area (Å²) in [4.78, 5) is 15.3. The summed E-state index contributed by atoms with van der Waals surface area (Å²) in [6.07, 6.45) is 1.16. The van der Waals surface area contributed by atoms with Crippen LogP contribution in [0.25, 0.3) is 0 Å². The number of carbonyl (C=O) groups excluding carboxylic acids is 1. The van der Waals surface area contributed by atoms with E-state index in [0.29, 0.717) is 34.0 Å². The molecule has 0 spiro atoms. The molecule has 0 radical (unpaired) electrons. The van der Waals surface area contributed by atoms with Crippen LogP contribution in [0.5, 0.6) is 11.5 Å². The van der Waals surface area contributed by atoms with Crippen LogP contribution in [0.2, 0.25) is 0 Å². The third-order valence-electron chi connectivity index (χ3n) is 4.62. The molecule has 3 rings (SSSR count). The molecule has 1 aromatic heterocycles. The van der Waals surface area contributed by atoms with E-state index in [9.17, 15) is 13.2 Å². The van der Waals surface area contributed by atoms with E-state index >= 15 is 0 Å². The highest BCUT2D eigenvalue weighted by molar-refractivity contribution is 7.88. The quantitative estimate of drug-likeness (QED) is 0.707. The largest absolute Gasteiger partial charge is 0.462 e. The van der Waals surface area contributed by atoms with Crippen molar-refractivity contribution in [1.82, 2.24) is 9.29 Å². The second-order valence-corrected chi connectivity index (χ2v) is 8.65. The van der Waals surface area contributed by atoms with Crippen molar-refractivity contribution in [2.24, 2.45) is 0 Å². The van der Waals surface area contributed by atoms with Crippen LogP contribution in [0.1, 0.15) is 39.8 Å². The maximum Gasteiger partial charge on any atom is 0.340 e. The third-order valence-corrected chi connectivity index (χ3v) is 5.82. The van der Waals surface area contributed by atoms with Crippen molar-refractivity contribution < 1.29 is 27.4 Å². The van der Waals surface area contributed by atoms with Crippen molar-refractivity contribution in [3.05, 3.63) is 46.3 Å². The fourth-order valence-electron chi connectivity index (χ4n) is 3.19. The monoisotopic (exact) mass is 408 g/mol. The van der Waals surface area contributed by atoms with Gasteiger partial charge in [0, 0.05) is 17.9 Å². The Kier molecular flexibility index (Phi) is 5.66. The Bertz CT molecular complexity index is 996. The second kappa shape index (κ2) is 7.84. The van der Waals surface area contributed by atoms with Gasteiger partial charge in [-0.2, -0.15) is 4.31 Å². The van der Waals surface area contributed by atoms with Crippen molar-refractivity contribution in [2.75, 3.05) is 19.7 Å². The van der Waals surface area contributed by atoms with Gasteiger partial charge < -0.3 is 19.2 Å². The number of esters is 1. The molecular weight excluding hydrogens is 384 g/mol. The first-order valence-corrected chi connectivity index (χ1v) is 10.7. The van der Waals surface area contributed by atoms with Gasteiger partial charge in [0.25, 0.3) is 0 Å². The molecule has 28 heavy (non-hydrogen) atoms. The smallest absolute Gasteiger partial charge is 0.340 e. The van der Waals surface area contributed by atoms with Gasteiger partial charge in [0.05, 0.1) is 25.0 Å². The highest BCUT2D eigenvalue weighted by Gasteiger charge is 2.24. The molecule has 0 amide bonds. The molecule has 0 aliphatic carbocycles. The predicted octanol–water partition coefficient (Wildman–Crippen LogP) is 2.50. The Balaban J connectivity index is 1.86. The normalized spacial score (nSPS) is 13.2. The minimum Gasteiger partial charge on any atom is -0.462 e. The van der Waals surface area contributed by atoms with Gasteiger partial charge in [0.1, 0.15) is 0 Å². The van der Waals surface area contributed by atoms with Crippen molar-refractivity contribution in [2.45, 2.75) is 33.9 Å². The number of carbonyl (C=O) groups is 1. The average molecular weight is 408 g/mol. The highest BCUT2D eigenvalue weighted by atomic mass is 32.2. The number of nitrogens with zero attached hydrogens (tertiary/aromatic N) is 1. The molecule has 0 saturated heterocycles. The molecular formula is C19H24N2O6S.